The van der Waals surface area contributed by atoms with E-state index in [9.17, 15) is 4.79 Å². The van der Waals surface area contributed by atoms with Crippen LogP contribution in [0.4, 0.5) is 0 Å². The first kappa shape index (κ1) is 17.8. The molecule has 1 fully saturated rings. The lowest BCUT2D eigenvalue weighted by molar-refractivity contribution is -0.121. The van der Waals surface area contributed by atoms with E-state index < -0.39 is 0 Å². The number of ether oxygens (including phenoxy) is 1. The molecule has 0 radical (unpaired) electrons. The molecule has 0 bridgehead atoms. The van der Waals surface area contributed by atoms with Crippen molar-refractivity contribution < 1.29 is 9.53 Å². The number of benzene rings is 1. The van der Waals surface area contributed by atoms with Gasteiger partial charge in [-0.1, -0.05) is 12.1 Å². The minimum Gasteiger partial charge on any atom is -0.497 e. The number of hydrogen-bond acceptors (Lipinski definition) is 3. The van der Waals surface area contributed by atoms with Gasteiger partial charge in [0.2, 0.25) is 5.91 Å². The van der Waals surface area contributed by atoms with E-state index in [2.05, 4.69) is 10.6 Å². The molecule has 1 aliphatic heterocycles. The molecule has 1 aromatic rings. The molecule has 0 saturated carbocycles. The highest BCUT2D eigenvalue weighted by Gasteiger charge is 2.14. The zero-order valence-electron chi connectivity index (χ0n) is 12.6. The SMILES string of the molecule is COc1ccc(CCNC(=O)CCC2CCCN2)cc1.Cl. The normalized spacial score (nSPS) is 17.1. The maximum Gasteiger partial charge on any atom is 0.220 e. The second kappa shape index (κ2) is 9.64. The number of amides is 1. The Morgan fingerprint density at radius 3 is 2.76 bits per heavy atom. The summed E-state index contributed by atoms with van der Waals surface area (Å²) < 4.78 is 5.12. The predicted octanol–water partition coefficient (Wildman–Crippen LogP) is 2.31. The Hall–Kier alpha value is -1.26. The summed E-state index contributed by atoms with van der Waals surface area (Å²) in [6.07, 6.45) is 4.88. The van der Waals surface area contributed by atoms with E-state index in [1.54, 1.807) is 7.11 Å². The molecule has 21 heavy (non-hydrogen) atoms. The minimum absolute atomic E-state index is 0. The van der Waals surface area contributed by atoms with E-state index in [0.717, 1.165) is 25.1 Å². The fraction of sp³-hybridized carbons (Fsp3) is 0.562. The third-order valence-electron chi connectivity index (χ3n) is 3.78. The van der Waals surface area contributed by atoms with Crippen molar-refractivity contribution in [2.45, 2.75) is 38.1 Å². The molecule has 1 heterocycles. The molecule has 1 aromatic carbocycles. The molecule has 4 nitrogen and oxygen atoms in total. The lowest BCUT2D eigenvalue weighted by Gasteiger charge is -2.10. The summed E-state index contributed by atoms with van der Waals surface area (Å²) in [5.74, 6) is 1.02. The van der Waals surface area contributed by atoms with Gasteiger partial charge < -0.3 is 15.4 Å². The Labute approximate surface area is 133 Å². The van der Waals surface area contributed by atoms with Gasteiger partial charge in [-0.05, 0) is 49.9 Å². The first-order valence-electron chi connectivity index (χ1n) is 7.41. The monoisotopic (exact) mass is 312 g/mol. The van der Waals surface area contributed by atoms with Crippen LogP contribution in [0.5, 0.6) is 5.75 Å². The van der Waals surface area contributed by atoms with E-state index in [1.165, 1.54) is 18.4 Å². The molecule has 0 aliphatic carbocycles. The van der Waals surface area contributed by atoms with Gasteiger partial charge in [0.1, 0.15) is 5.75 Å². The quantitative estimate of drug-likeness (QED) is 0.812. The molecular formula is C16H25ClN2O2. The Balaban J connectivity index is 0.00000220. The van der Waals surface area contributed by atoms with Crippen molar-refractivity contribution in [1.29, 1.82) is 0 Å². The molecule has 118 valence electrons. The van der Waals surface area contributed by atoms with Gasteiger partial charge in [0.15, 0.2) is 0 Å². The van der Waals surface area contributed by atoms with Gasteiger partial charge in [0.25, 0.3) is 0 Å². The number of nitrogens with one attached hydrogen (secondary N) is 2. The smallest absolute Gasteiger partial charge is 0.220 e. The summed E-state index contributed by atoms with van der Waals surface area (Å²) in [6.45, 7) is 1.80. The van der Waals surface area contributed by atoms with Crippen LogP contribution >= 0.6 is 12.4 Å². The maximum absolute atomic E-state index is 11.7. The molecule has 5 heteroatoms. The van der Waals surface area contributed by atoms with Crippen LogP contribution in [0.15, 0.2) is 24.3 Å². The first-order chi connectivity index (χ1) is 9.78. The zero-order valence-corrected chi connectivity index (χ0v) is 13.4. The van der Waals surface area contributed by atoms with Crippen molar-refractivity contribution in [3.8, 4) is 5.75 Å². The van der Waals surface area contributed by atoms with Crippen molar-refractivity contribution in [3.05, 3.63) is 29.8 Å². The largest absolute Gasteiger partial charge is 0.497 e. The number of carbonyl (C=O) groups excluding carboxylic acids is 1. The van der Waals surface area contributed by atoms with Gasteiger partial charge in [0, 0.05) is 19.0 Å². The maximum atomic E-state index is 11.7. The minimum atomic E-state index is 0. The van der Waals surface area contributed by atoms with Crippen LogP contribution in [0.25, 0.3) is 0 Å². The average Bonchev–Trinajstić information content (AvgIpc) is 2.99. The predicted molar refractivity (Wildman–Crippen MR) is 87.2 cm³/mol. The van der Waals surface area contributed by atoms with Crippen LogP contribution in [-0.2, 0) is 11.2 Å². The van der Waals surface area contributed by atoms with Crippen molar-refractivity contribution in [3.63, 3.8) is 0 Å². The number of hydrogen-bond donors (Lipinski definition) is 2. The van der Waals surface area contributed by atoms with Gasteiger partial charge in [-0.2, -0.15) is 0 Å². The molecule has 1 unspecified atom stereocenters. The molecule has 0 aromatic heterocycles. The Kier molecular flexibility index (Phi) is 8.16. The highest BCUT2D eigenvalue weighted by atomic mass is 35.5. The topological polar surface area (TPSA) is 50.4 Å². The van der Waals surface area contributed by atoms with E-state index in [-0.39, 0.29) is 18.3 Å². The summed E-state index contributed by atoms with van der Waals surface area (Å²) in [4.78, 5) is 11.7. The number of methoxy groups -OCH3 is 1. The first-order valence-corrected chi connectivity index (χ1v) is 7.41. The molecule has 1 atom stereocenters. The number of halogens is 1. The standard InChI is InChI=1S/C16H24N2O2.ClH/c1-20-15-7-4-13(5-8-15)10-12-18-16(19)9-6-14-3-2-11-17-14;/h4-5,7-8,14,17H,2-3,6,9-12H2,1H3,(H,18,19);1H. The van der Waals surface area contributed by atoms with Gasteiger partial charge in [-0.25, -0.2) is 0 Å². The van der Waals surface area contributed by atoms with Crippen LogP contribution in [-0.4, -0.2) is 32.1 Å². The van der Waals surface area contributed by atoms with Crippen molar-refractivity contribution in [2.24, 2.45) is 0 Å². The van der Waals surface area contributed by atoms with Gasteiger partial charge >= 0.3 is 0 Å². The lowest BCUT2D eigenvalue weighted by Crippen LogP contribution is -2.28. The van der Waals surface area contributed by atoms with Crippen LogP contribution in [0.3, 0.4) is 0 Å². The Morgan fingerprint density at radius 2 is 2.14 bits per heavy atom. The second-order valence-corrected chi connectivity index (χ2v) is 5.28. The third-order valence-corrected chi connectivity index (χ3v) is 3.78. The van der Waals surface area contributed by atoms with Crippen molar-refractivity contribution >= 4 is 18.3 Å². The number of rotatable bonds is 7. The average molecular weight is 313 g/mol. The summed E-state index contributed by atoms with van der Waals surface area (Å²) in [5, 5.41) is 6.40. The summed E-state index contributed by atoms with van der Waals surface area (Å²) in [6, 6.07) is 8.51. The van der Waals surface area contributed by atoms with E-state index in [0.29, 0.717) is 19.0 Å². The summed E-state index contributed by atoms with van der Waals surface area (Å²) in [5.41, 5.74) is 1.21. The molecule has 1 saturated heterocycles. The van der Waals surface area contributed by atoms with Gasteiger partial charge in [0.05, 0.1) is 7.11 Å². The summed E-state index contributed by atoms with van der Waals surface area (Å²) in [7, 11) is 1.66. The molecule has 2 N–H and O–H groups in total. The van der Waals surface area contributed by atoms with Crippen LogP contribution in [0, 0.1) is 0 Å². The molecular weight excluding hydrogens is 288 g/mol. The molecule has 1 aliphatic rings. The Bertz CT molecular complexity index is 417. The van der Waals surface area contributed by atoms with E-state index in [1.807, 2.05) is 24.3 Å². The number of carbonyl (C=O) groups is 1. The highest BCUT2D eigenvalue weighted by Crippen LogP contribution is 2.12. The second-order valence-electron chi connectivity index (χ2n) is 5.28. The molecule has 0 spiro atoms. The summed E-state index contributed by atoms with van der Waals surface area (Å²) >= 11 is 0. The van der Waals surface area contributed by atoms with Crippen molar-refractivity contribution in [2.75, 3.05) is 20.2 Å². The van der Waals surface area contributed by atoms with Crippen LogP contribution in [0.2, 0.25) is 0 Å². The fourth-order valence-corrected chi connectivity index (χ4v) is 2.54. The van der Waals surface area contributed by atoms with Gasteiger partial charge in [-0.3, -0.25) is 4.79 Å². The zero-order chi connectivity index (χ0) is 14.2. The highest BCUT2D eigenvalue weighted by molar-refractivity contribution is 5.85. The lowest BCUT2D eigenvalue weighted by atomic mass is 10.1. The van der Waals surface area contributed by atoms with Gasteiger partial charge in [-0.15, -0.1) is 12.4 Å². The van der Waals surface area contributed by atoms with Crippen LogP contribution in [0.1, 0.15) is 31.2 Å². The van der Waals surface area contributed by atoms with E-state index in [4.69, 9.17) is 4.74 Å². The molecule has 2 rings (SSSR count). The fourth-order valence-electron chi connectivity index (χ4n) is 2.54. The van der Waals surface area contributed by atoms with Crippen molar-refractivity contribution in [1.82, 2.24) is 10.6 Å². The Morgan fingerprint density at radius 1 is 1.38 bits per heavy atom. The molecule has 1 amide bonds. The third kappa shape index (κ3) is 6.36. The van der Waals surface area contributed by atoms with Crippen LogP contribution < -0.4 is 15.4 Å². The van der Waals surface area contributed by atoms with E-state index >= 15 is 0 Å².